The van der Waals surface area contributed by atoms with E-state index in [1.54, 1.807) is 7.11 Å². The van der Waals surface area contributed by atoms with Crippen LogP contribution in [-0.4, -0.2) is 18.2 Å². The molecule has 0 aliphatic rings. The Labute approximate surface area is 144 Å². The summed E-state index contributed by atoms with van der Waals surface area (Å²) in [6.07, 6.45) is 0.420. The minimum atomic E-state index is -0.805. The van der Waals surface area contributed by atoms with Crippen molar-refractivity contribution in [2.75, 3.05) is 7.11 Å². The van der Waals surface area contributed by atoms with Gasteiger partial charge in [0.05, 0.1) is 13.0 Å². The van der Waals surface area contributed by atoms with E-state index in [1.165, 1.54) is 5.56 Å². The number of ether oxygens (including phenoxy) is 1. The van der Waals surface area contributed by atoms with Crippen LogP contribution in [0.3, 0.4) is 0 Å². The fourth-order valence-electron chi connectivity index (χ4n) is 3.00. The first kappa shape index (κ1) is 18.1. The first-order chi connectivity index (χ1) is 11.3. The number of hydrogen-bond donors (Lipinski definition) is 1. The Bertz CT molecular complexity index is 732. The molecule has 0 amide bonds. The highest BCUT2D eigenvalue weighted by Gasteiger charge is 2.24. The minimum absolute atomic E-state index is 0.388. The molecule has 1 atom stereocenters. The molecule has 1 N–H and O–H groups in total. The van der Waals surface area contributed by atoms with E-state index in [9.17, 15) is 9.90 Å². The zero-order chi connectivity index (χ0) is 17.9. The topological polar surface area (TPSA) is 46.5 Å². The van der Waals surface area contributed by atoms with Gasteiger partial charge in [0.25, 0.3) is 0 Å². The van der Waals surface area contributed by atoms with Crippen LogP contribution in [0.15, 0.2) is 36.4 Å². The molecular formula is C21H26O3. The van der Waals surface area contributed by atoms with Gasteiger partial charge in [0.2, 0.25) is 0 Å². The van der Waals surface area contributed by atoms with E-state index in [0.29, 0.717) is 12.3 Å². The molecule has 3 nitrogen and oxygen atoms in total. The van der Waals surface area contributed by atoms with Crippen molar-refractivity contribution in [2.45, 2.75) is 46.0 Å². The Morgan fingerprint density at radius 3 is 2.42 bits per heavy atom. The second-order valence-corrected chi connectivity index (χ2v) is 6.68. The molecule has 0 spiro atoms. The monoisotopic (exact) mass is 326 g/mol. The van der Waals surface area contributed by atoms with Crippen molar-refractivity contribution < 1.29 is 14.6 Å². The van der Waals surface area contributed by atoms with Crippen molar-refractivity contribution in [1.29, 1.82) is 0 Å². The number of carbonyl (C=O) groups is 1. The molecule has 0 aromatic heterocycles. The molecule has 1 unspecified atom stereocenters. The number of carboxylic acids is 1. The number of methoxy groups -OCH3 is 1. The summed E-state index contributed by atoms with van der Waals surface area (Å²) in [4.78, 5) is 11.9. The van der Waals surface area contributed by atoms with Crippen molar-refractivity contribution in [2.24, 2.45) is 0 Å². The molecule has 0 fully saturated rings. The Kier molecular flexibility index (Phi) is 5.66. The van der Waals surface area contributed by atoms with E-state index in [-0.39, 0.29) is 0 Å². The van der Waals surface area contributed by atoms with Gasteiger partial charge in [-0.05, 0) is 54.5 Å². The lowest BCUT2D eigenvalue weighted by molar-refractivity contribution is -0.138. The maximum atomic E-state index is 11.9. The summed E-state index contributed by atoms with van der Waals surface area (Å²) in [6, 6.07) is 12.0. The molecule has 0 saturated carbocycles. The number of aliphatic carboxylic acids is 1. The van der Waals surface area contributed by atoms with Gasteiger partial charge in [-0.25, -0.2) is 0 Å². The number of benzene rings is 2. The molecule has 128 valence electrons. The quantitative estimate of drug-likeness (QED) is 0.825. The third kappa shape index (κ3) is 3.97. The number of hydrogen-bond acceptors (Lipinski definition) is 2. The third-order valence-electron chi connectivity index (χ3n) is 4.50. The summed E-state index contributed by atoms with van der Waals surface area (Å²) in [6.45, 7) is 8.21. The van der Waals surface area contributed by atoms with E-state index >= 15 is 0 Å². The average Bonchev–Trinajstić information content (AvgIpc) is 2.54. The van der Waals surface area contributed by atoms with Crippen molar-refractivity contribution >= 4 is 5.97 Å². The Morgan fingerprint density at radius 1 is 1.12 bits per heavy atom. The van der Waals surface area contributed by atoms with E-state index in [1.807, 2.05) is 44.2 Å². The summed E-state index contributed by atoms with van der Waals surface area (Å²) in [5, 5.41) is 9.80. The molecule has 24 heavy (non-hydrogen) atoms. The van der Waals surface area contributed by atoms with Crippen molar-refractivity contribution in [3.8, 4) is 5.75 Å². The molecule has 0 bridgehead atoms. The smallest absolute Gasteiger partial charge is 0.311 e. The van der Waals surface area contributed by atoms with Crippen molar-refractivity contribution in [3.05, 3.63) is 64.2 Å². The maximum absolute atomic E-state index is 11.9. The summed E-state index contributed by atoms with van der Waals surface area (Å²) >= 11 is 0. The van der Waals surface area contributed by atoms with Gasteiger partial charge >= 0.3 is 5.97 Å². The minimum Gasteiger partial charge on any atom is -0.496 e. The lowest BCUT2D eigenvalue weighted by Gasteiger charge is -2.19. The lowest BCUT2D eigenvalue weighted by atomic mass is 9.87. The second-order valence-electron chi connectivity index (χ2n) is 6.68. The van der Waals surface area contributed by atoms with Crippen LogP contribution in [0, 0.1) is 13.8 Å². The highest BCUT2D eigenvalue weighted by atomic mass is 16.5. The second kappa shape index (κ2) is 7.52. The van der Waals surface area contributed by atoms with E-state index in [4.69, 9.17) is 4.74 Å². The lowest BCUT2D eigenvalue weighted by Crippen LogP contribution is -2.16. The van der Waals surface area contributed by atoms with Gasteiger partial charge in [-0.1, -0.05) is 49.7 Å². The van der Waals surface area contributed by atoms with Crippen LogP contribution < -0.4 is 4.74 Å². The normalized spacial score (nSPS) is 12.2. The Hall–Kier alpha value is -2.29. The fraction of sp³-hybridized carbons (Fsp3) is 0.381. The average molecular weight is 326 g/mol. The van der Waals surface area contributed by atoms with Gasteiger partial charge in [-0.15, -0.1) is 0 Å². The van der Waals surface area contributed by atoms with Crippen LogP contribution in [0.25, 0.3) is 0 Å². The van der Waals surface area contributed by atoms with Gasteiger partial charge in [-0.2, -0.15) is 0 Å². The first-order valence-corrected chi connectivity index (χ1v) is 8.30. The Balaban J connectivity index is 2.46. The summed E-state index contributed by atoms with van der Waals surface area (Å²) in [5.41, 5.74) is 5.09. The molecule has 2 aromatic carbocycles. The molecule has 0 saturated heterocycles. The van der Waals surface area contributed by atoms with Crippen molar-refractivity contribution in [1.82, 2.24) is 0 Å². The standard InChI is InChI=1S/C21H26O3/c1-13(2)16-8-9-20(24-5)17(11-16)12-19(21(22)23)18-10-14(3)6-7-15(18)4/h6-11,13,19H,12H2,1-5H3,(H,22,23). The number of aryl methyl sites for hydroxylation is 2. The SMILES string of the molecule is COc1ccc(C(C)C)cc1CC(C(=O)O)c1cc(C)ccc1C. The fourth-order valence-corrected chi connectivity index (χ4v) is 3.00. The molecule has 2 aromatic rings. The zero-order valence-corrected chi connectivity index (χ0v) is 15.1. The largest absolute Gasteiger partial charge is 0.496 e. The predicted octanol–water partition coefficient (Wildman–Crippen LogP) is 4.85. The van der Waals surface area contributed by atoms with E-state index in [0.717, 1.165) is 28.0 Å². The molecule has 0 heterocycles. The molecular weight excluding hydrogens is 300 g/mol. The summed E-state index contributed by atoms with van der Waals surface area (Å²) in [5.74, 6) is -0.253. The molecule has 0 aliphatic carbocycles. The third-order valence-corrected chi connectivity index (χ3v) is 4.50. The zero-order valence-electron chi connectivity index (χ0n) is 15.1. The number of carboxylic acid groups (broad SMARTS) is 1. The first-order valence-electron chi connectivity index (χ1n) is 8.30. The molecule has 0 radical (unpaired) electrons. The van der Waals surface area contributed by atoms with Crippen LogP contribution in [-0.2, 0) is 11.2 Å². The number of rotatable bonds is 6. The van der Waals surface area contributed by atoms with Gasteiger partial charge in [0.15, 0.2) is 0 Å². The van der Waals surface area contributed by atoms with Crippen LogP contribution in [0.5, 0.6) is 5.75 Å². The van der Waals surface area contributed by atoms with Gasteiger partial charge in [-0.3, -0.25) is 4.79 Å². The highest BCUT2D eigenvalue weighted by Crippen LogP contribution is 2.31. The predicted molar refractivity (Wildman–Crippen MR) is 97.1 cm³/mol. The van der Waals surface area contributed by atoms with Crippen LogP contribution >= 0.6 is 0 Å². The maximum Gasteiger partial charge on any atom is 0.311 e. The molecule has 0 aliphatic heterocycles. The summed E-state index contributed by atoms with van der Waals surface area (Å²) in [7, 11) is 1.63. The van der Waals surface area contributed by atoms with E-state index < -0.39 is 11.9 Å². The van der Waals surface area contributed by atoms with Gasteiger partial charge in [0, 0.05) is 0 Å². The highest BCUT2D eigenvalue weighted by molar-refractivity contribution is 5.77. The van der Waals surface area contributed by atoms with Crippen molar-refractivity contribution in [3.63, 3.8) is 0 Å². The van der Waals surface area contributed by atoms with E-state index in [2.05, 4.69) is 19.9 Å². The van der Waals surface area contributed by atoms with Crippen LogP contribution in [0.1, 0.15) is 53.5 Å². The van der Waals surface area contributed by atoms with Crippen LogP contribution in [0.2, 0.25) is 0 Å². The summed E-state index contributed by atoms with van der Waals surface area (Å²) < 4.78 is 5.46. The molecule has 3 heteroatoms. The Morgan fingerprint density at radius 2 is 1.83 bits per heavy atom. The van der Waals surface area contributed by atoms with Crippen LogP contribution in [0.4, 0.5) is 0 Å². The molecule has 2 rings (SSSR count). The van der Waals surface area contributed by atoms with Gasteiger partial charge in [0.1, 0.15) is 5.75 Å². The van der Waals surface area contributed by atoms with Gasteiger partial charge < -0.3 is 9.84 Å².